The molecule has 0 unspecified atom stereocenters. The van der Waals surface area contributed by atoms with Crippen LogP contribution in [-0.4, -0.2) is 36.3 Å². The smallest absolute Gasteiger partial charge is 0.222 e. The lowest BCUT2D eigenvalue weighted by molar-refractivity contribution is -0.123. The van der Waals surface area contributed by atoms with E-state index in [0.29, 0.717) is 6.54 Å². The SMILES string of the molecule is CC(=O)N[C@H](CC(=O)NC[C@@H](c1ccco1)N1CCCCC1)c1ccccc1. The standard InChI is InChI=1S/C22H29N3O3/c1-17(26)24-19(18-9-4-2-5-10-18)15-22(27)23-16-20(21-11-8-14-28-21)25-12-6-3-7-13-25/h2,4-5,8-11,14,19-20H,3,6-7,12-13,15-16H2,1H3,(H,23,27)(H,24,26)/t19-,20+/m1/s1. The zero-order valence-corrected chi connectivity index (χ0v) is 16.4. The summed E-state index contributed by atoms with van der Waals surface area (Å²) in [4.78, 5) is 26.6. The molecule has 0 saturated carbocycles. The third kappa shape index (κ3) is 5.70. The van der Waals surface area contributed by atoms with Crippen LogP contribution in [0.1, 0.15) is 56.0 Å². The molecule has 2 N–H and O–H groups in total. The molecule has 28 heavy (non-hydrogen) atoms. The van der Waals surface area contributed by atoms with Gasteiger partial charge in [0.25, 0.3) is 0 Å². The average molecular weight is 383 g/mol. The molecule has 6 heteroatoms. The van der Waals surface area contributed by atoms with Gasteiger partial charge in [0.05, 0.1) is 24.8 Å². The second-order valence-corrected chi connectivity index (χ2v) is 7.30. The molecule has 150 valence electrons. The predicted molar refractivity (Wildman–Crippen MR) is 107 cm³/mol. The highest BCUT2D eigenvalue weighted by Gasteiger charge is 2.25. The topological polar surface area (TPSA) is 74.6 Å². The van der Waals surface area contributed by atoms with E-state index in [9.17, 15) is 9.59 Å². The van der Waals surface area contributed by atoms with Crippen LogP contribution in [0.25, 0.3) is 0 Å². The number of likely N-dealkylation sites (tertiary alicyclic amines) is 1. The fraction of sp³-hybridized carbons (Fsp3) is 0.455. The van der Waals surface area contributed by atoms with E-state index >= 15 is 0 Å². The molecule has 0 aliphatic carbocycles. The third-order valence-electron chi connectivity index (χ3n) is 5.16. The van der Waals surface area contributed by atoms with Crippen molar-refractivity contribution in [3.05, 3.63) is 60.1 Å². The summed E-state index contributed by atoms with van der Waals surface area (Å²) in [6.07, 6.45) is 5.47. The van der Waals surface area contributed by atoms with Crippen molar-refractivity contribution in [1.82, 2.24) is 15.5 Å². The number of hydrogen-bond acceptors (Lipinski definition) is 4. The molecule has 3 rings (SSSR count). The lowest BCUT2D eigenvalue weighted by atomic mass is 10.0. The van der Waals surface area contributed by atoms with Crippen molar-refractivity contribution in [2.45, 2.75) is 44.7 Å². The maximum atomic E-state index is 12.7. The number of hydrogen-bond donors (Lipinski definition) is 2. The zero-order chi connectivity index (χ0) is 19.8. The van der Waals surface area contributed by atoms with Crippen LogP contribution < -0.4 is 10.6 Å². The van der Waals surface area contributed by atoms with Gasteiger partial charge in [-0.15, -0.1) is 0 Å². The third-order valence-corrected chi connectivity index (χ3v) is 5.16. The second kappa shape index (κ2) is 10.1. The lowest BCUT2D eigenvalue weighted by Crippen LogP contribution is -2.41. The van der Waals surface area contributed by atoms with Crippen LogP contribution in [-0.2, 0) is 9.59 Å². The van der Waals surface area contributed by atoms with Gasteiger partial charge in [0.1, 0.15) is 5.76 Å². The van der Waals surface area contributed by atoms with E-state index in [1.54, 1.807) is 6.26 Å². The maximum absolute atomic E-state index is 12.7. The summed E-state index contributed by atoms with van der Waals surface area (Å²) in [6, 6.07) is 13.1. The molecule has 2 atom stereocenters. The van der Waals surface area contributed by atoms with Crippen molar-refractivity contribution in [2.75, 3.05) is 19.6 Å². The van der Waals surface area contributed by atoms with Crippen LogP contribution in [0, 0.1) is 0 Å². The van der Waals surface area contributed by atoms with Gasteiger partial charge < -0.3 is 15.1 Å². The summed E-state index contributed by atoms with van der Waals surface area (Å²) >= 11 is 0. The Morgan fingerprint density at radius 2 is 1.82 bits per heavy atom. The van der Waals surface area contributed by atoms with Crippen LogP contribution in [0.4, 0.5) is 0 Å². The quantitative estimate of drug-likeness (QED) is 0.734. The van der Waals surface area contributed by atoms with Crippen molar-refractivity contribution < 1.29 is 14.0 Å². The highest BCUT2D eigenvalue weighted by molar-refractivity contribution is 5.79. The molecule has 1 saturated heterocycles. The Balaban J connectivity index is 1.62. The van der Waals surface area contributed by atoms with Crippen molar-refractivity contribution >= 4 is 11.8 Å². The van der Waals surface area contributed by atoms with Gasteiger partial charge in [0.2, 0.25) is 11.8 Å². The number of carbonyl (C=O) groups excluding carboxylic acids is 2. The first kappa shape index (κ1) is 20.1. The van der Waals surface area contributed by atoms with Gasteiger partial charge in [-0.25, -0.2) is 0 Å². The van der Waals surface area contributed by atoms with Crippen molar-refractivity contribution in [3.63, 3.8) is 0 Å². The Hall–Kier alpha value is -2.60. The minimum Gasteiger partial charge on any atom is -0.468 e. The minimum absolute atomic E-state index is 0.0372. The molecule has 2 heterocycles. The number of furan rings is 1. The van der Waals surface area contributed by atoms with Crippen molar-refractivity contribution in [3.8, 4) is 0 Å². The van der Waals surface area contributed by atoms with E-state index in [1.165, 1.54) is 26.2 Å². The Morgan fingerprint density at radius 1 is 1.07 bits per heavy atom. The van der Waals surface area contributed by atoms with Gasteiger partial charge in [-0.1, -0.05) is 36.8 Å². The van der Waals surface area contributed by atoms with Gasteiger partial charge in [-0.3, -0.25) is 14.5 Å². The van der Waals surface area contributed by atoms with Gasteiger partial charge in [0, 0.05) is 13.5 Å². The second-order valence-electron chi connectivity index (χ2n) is 7.30. The molecule has 0 radical (unpaired) electrons. The summed E-state index contributed by atoms with van der Waals surface area (Å²) in [7, 11) is 0. The molecule has 1 aromatic carbocycles. The Kier molecular flexibility index (Phi) is 7.25. The maximum Gasteiger partial charge on any atom is 0.222 e. The number of nitrogens with zero attached hydrogens (tertiary/aromatic N) is 1. The number of carbonyl (C=O) groups is 2. The molecule has 1 fully saturated rings. The average Bonchev–Trinajstić information content (AvgIpc) is 3.23. The first-order chi connectivity index (χ1) is 13.6. The van der Waals surface area contributed by atoms with Gasteiger partial charge in [0.15, 0.2) is 0 Å². The van der Waals surface area contributed by atoms with Gasteiger partial charge in [-0.05, 0) is 43.6 Å². The highest BCUT2D eigenvalue weighted by Crippen LogP contribution is 2.25. The Bertz CT molecular complexity index is 740. The fourth-order valence-corrected chi connectivity index (χ4v) is 3.77. The van der Waals surface area contributed by atoms with Crippen molar-refractivity contribution in [1.29, 1.82) is 0 Å². The summed E-state index contributed by atoms with van der Waals surface area (Å²) in [5.74, 6) is 0.642. The van der Waals surface area contributed by atoms with Crippen molar-refractivity contribution in [2.24, 2.45) is 0 Å². The first-order valence-corrected chi connectivity index (χ1v) is 9.99. The number of rotatable bonds is 8. The van der Waals surface area contributed by atoms with Crippen LogP contribution in [0.15, 0.2) is 53.1 Å². The molecule has 1 aromatic heterocycles. The van der Waals surface area contributed by atoms with E-state index < -0.39 is 0 Å². The molecule has 2 aromatic rings. The summed E-state index contributed by atoms with van der Waals surface area (Å²) in [5.41, 5.74) is 0.923. The number of nitrogens with one attached hydrogen (secondary N) is 2. The lowest BCUT2D eigenvalue weighted by Gasteiger charge is -2.33. The van der Waals surface area contributed by atoms with E-state index in [4.69, 9.17) is 4.42 Å². The van der Waals surface area contributed by atoms with Gasteiger partial charge >= 0.3 is 0 Å². The molecule has 1 aliphatic rings. The Morgan fingerprint density at radius 3 is 2.46 bits per heavy atom. The largest absolute Gasteiger partial charge is 0.468 e. The number of amides is 2. The normalized spacial score (nSPS) is 16.9. The molecule has 2 amide bonds. The molecule has 6 nitrogen and oxygen atoms in total. The van der Waals surface area contributed by atoms with Crippen LogP contribution in [0.2, 0.25) is 0 Å². The Labute approximate surface area is 166 Å². The number of benzene rings is 1. The predicted octanol–water partition coefficient (Wildman–Crippen LogP) is 3.19. The fourth-order valence-electron chi connectivity index (χ4n) is 3.77. The molecular weight excluding hydrogens is 354 g/mol. The van der Waals surface area contributed by atoms with Gasteiger partial charge in [-0.2, -0.15) is 0 Å². The van der Waals surface area contributed by atoms with Crippen LogP contribution in [0.5, 0.6) is 0 Å². The zero-order valence-electron chi connectivity index (χ0n) is 16.4. The molecular formula is C22H29N3O3. The molecule has 0 spiro atoms. The van der Waals surface area contributed by atoms with E-state index in [0.717, 1.165) is 24.4 Å². The summed E-state index contributed by atoms with van der Waals surface area (Å²) in [5, 5.41) is 5.93. The minimum atomic E-state index is -0.337. The van der Waals surface area contributed by atoms with E-state index in [-0.39, 0.29) is 30.3 Å². The van der Waals surface area contributed by atoms with E-state index in [1.807, 2.05) is 42.5 Å². The molecule has 0 bridgehead atoms. The summed E-state index contributed by atoms with van der Waals surface area (Å²) < 4.78 is 5.63. The molecule has 1 aliphatic heterocycles. The van der Waals surface area contributed by atoms with Crippen LogP contribution in [0.3, 0.4) is 0 Å². The monoisotopic (exact) mass is 383 g/mol. The van der Waals surface area contributed by atoms with Crippen LogP contribution >= 0.6 is 0 Å². The number of piperidine rings is 1. The van der Waals surface area contributed by atoms with E-state index in [2.05, 4.69) is 15.5 Å². The summed E-state index contributed by atoms with van der Waals surface area (Å²) in [6.45, 7) is 3.99. The highest BCUT2D eigenvalue weighted by atomic mass is 16.3. The first-order valence-electron chi connectivity index (χ1n) is 9.99.